The highest BCUT2D eigenvalue weighted by molar-refractivity contribution is 5.75. The number of benzene rings is 1. The van der Waals surface area contributed by atoms with E-state index in [-0.39, 0.29) is 5.91 Å². The maximum Gasteiger partial charge on any atom is 0.220 e. The monoisotopic (exact) mass is 234 g/mol. The van der Waals surface area contributed by atoms with Crippen LogP contribution >= 0.6 is 0 Å². The van der Waals surface area contributed by atoms with Crippen LogP contribution < -0.4 is 11.1 Å². The Kier molecular flexibility index (Phi) is 5.70. The molecule has 0 aromatic heterocycles. The second-order valence-electron chi connectivity index (χ2n) is 4.42. The van der Waals surface area contributed by atoms with E-state index in [1.54, 1.807) is 0 Å². The van der Waals surface area contributed by atoms with Crippen LogP contribution in [-0.4, -0.2) is 19.0 Å². The van der Waals surface area contributed by atoms with E-state index in [0.29, 0.717) is 19.5 Å². The smallest absolute Gasteiger partial charge is 0.220 e. The van der Waals surface area contributed by atoms with Crippen molar-refractivity contribution in [2.75, 3.05) is 13.1 Å². The van der Waals surface area contributed by atoms with Crippen LogP contribution in [0, 0.1) is 13.8 Å². The van der Waals surface area contributed by atoms with Crippen molar-refractivity contribution in [2.24, 2.45) is 5.73 Å². The zero-order chi connectivity index (χ0) is 12.7. The normalized spacial score (nSPS) is 10.3. The molecule has 17 heavy (non-hydrogen) atoms. The molecule has 0 bridgehead atoms. The summed E-state index contributed by atoms with van der Waals surface area (Å²) in [6.45, 7) is 5.47. The molecule has 94 valence electrons. The quantitative estimate of drug-likeness (QED) is 0.787. The number of carbonyl (C=O) groups excluding carboxylic acids is 1. The third kappa shape index (κ3) is 5.00. The van der Waals surface area contributed by atoms with E-state index in [4.69, 9.17) is 5.73 Å². The fourth-order valence-corrected chi connectivity index (χ4v) is 1.81. The maximum atomic E-state index is 11.4. The highest BCUT2D eigenvalue weighted by atomic mass is 16.1. The molecule has 1 aromatic carbocycles. The molecule has 1 amide bonds. The Labute approximate surface area is 103 Å². The minimum Gasteiger partial charge on any atom is -0.356 e. The summed E-state index contributed by atoms with van der Waals surface area (Å²) in [5, 5.41) is 2.91. The summed E-state index contributed by atoms with van der Waals surface area (Å²) < 4.78 is 0. The van der Waals surface area contributed by atoms with Crippen molar-refractivity contribution in [3.63, 3.8) is 0 Å². The third-order valence-corrected chi connectivity index (χ3v) is 2.82. The lowest BCUT2D eigenvalue weighted by atomic mass is 10.0. The van der Waals surface area contributed by atoms with E-state index >= 15 is 0 Å². The summed E-state index contributed by atoms with van der Waals surface area (Å²) in [5.41, 5.74) is 9.22. The SMILES string of the molecule is Cc1ccc(CCNC(=O)CCCN)c(C)c1. The summed E-state index contributed by atoms with van der Waals surface area (Å²) >= 11 is 0. The summed E-state index contributed by atoms with van der Waals surface area (Å²) in [5.74, 6) is 0.0974. The largest absolute Gasteiger partial charge is 0.356 e. The molecule has 0 radical (unpaired) electrons. The van der Waals surface area contributed by atoms with Gasteiger partial charge in [0.15, 0.2) is 0 Å². The van der Waals surface area contributed by atoms with Crippen molar-refractivity contribution >= 4 is 5.91 Å². The first-order chi connectivity index (χ1) is 8.13. The van der Waals surface area contributed by atoms with Gasteiger partial charge in [0.1, 0.15) is 0 Å². The van der Waals surface area contributed by atoms with Crippen molar-refractivity contribution in [2.45, 2.75) is 33.1 Å². The Balaban J connectivity index is 2.33. The minimum absolute atomic E-state index is 0.0974. The zero-order valence-corrected chi connectivity index (χ0v) is 10.8. The topological polar surface area (TPSA) is 55.1 Å². The van der Waals surface area contributed by atoms with Crippen molar-refractivity contribution < 1.29 is 4.79 Å². The van der Waals surface area contributed by atoms with Crippen LogP contribution in [0.15, 0.2) is 18.2 Å². The minimum atomic E-state index is 0.0974. The van der Waals surface area contributed by atoms with E-state index < -0.39 is 0 Å². The van der Waals surface area contributed by atoms with Gasteiger partial charge >= 0.3 is 0 Å². The van der Waals surface area contributed by atoms with Crippen LogP contribution in [-0.2, 0) is 11.2 Å². The van der Waals surface area contributed by atoms with Crippen molar-refractivity contribution in [3.05, 3.63) is 34.9 Å². The number of nitrogens with two attached hydrogens (primary N) is 1. The third-order valence-electron chi connectivity index (χ3n) is 2.82. The van der Waals surface area contributed by atoms with Crippen molar-refractivity contribution in [3.8, 4) is 0 Å². The van der Waals surface area contributed by atoms with Gasteiger partial charge in [-0.25, -0.2) is 0 Å². The number of carbonyl (C=O) groups is 1. The van der Waals surface area contributed by atoms with Gasteiger partial charge in [-0.15, -0.1) is 0 Å². The van der Waals surface area contributed by atoms with Crippen LogP contribution in [0.1, 0.15) is 29.5 Å². The molecule has 3 heteroatoms. The first kappa shape index (κ1) is 13.7. The highest BCUT2D eigenvalue weighted by Crippen LogP contribution is 2.10. The second-order valence-corrected chi connectivity index (χ2v) is 4.42. The summed E-state index contributed by atoms with van der Waals surface area (Å²) in [6.07, 6.45) is 2.18. The number of nitrogens with one attached hydrogen (secondary N) is 1. The van der Waals surface area contributed by atoms with E-state index in [0.717, 1.165) is 12.8 Å². The molecule has 0 spiro atoms. The molecule has 1 aromatic rings. The Hall–Kier alpha value is -1.35. The van der Waals surface area contributed by atoms with Gasteiger partial charge in [-0.2, -0.15) is 0 Å². The molecule has 0 atom stereocenters. The van der Waals surface area contributed by atoms with Gasteiger partial charge < -0.3 is 11.1 Å². The fraction of sp³-hybridized carbons (Fsp3) is 0.500. The molecule has 0 heterocycles. The lowest BCUT2D eigenvalue weighted by molar-refractivity contribution is -0.121. The Bertz CT molecular complexity index is 374. The van der Waals surface area contributed by atoms with Gasteiger partial charge in [0, 0.05) is 13.0 Å². The lowest BCUT2D eigenvalue weighted by Crippen LogP contribution is -2.26. The maximum absolute atomic E-state index is 11.4. The lowest BCUT2D eigenvalue weighted by Gasteiger charge is -2.08. The standard InChI is InChI=1S/C14H22N2O/c1-11-5-6-13(12(2)10-11)7-9-16-14(17)4-3-8-15/h5-6,10H,3-4,7-9,15H2,1-2H3,(H,16,17). The molecule has 0 saturated heterocycles. The first-order valence-electron chi connectivity index (χ1n) is 6.16. The summed E-state index contributed by atoms with van der Waals surface area (Å²) in [7, 11) is 0. The Morgan fingerprint density at radius 2 is 2.12 bits per heavy atom. The molecule has 0 aliphatic heterocycles. The summed E-state index contributed by atoms with van der Waals surface area (Å²) in [6, 6.07) is 6.42. The van der Waals surface area contributed by atoms with E-state index in [1.165, 1.54) is 16.7 Å². The van der Waals surface area contributed by atoms with Crippen molar-refractivity contribution in [1.29, 1.82) is 0 Å². The predicted octanol–water partition coefficient (Wildman–Crippen LogP) is 1.70. The molecule has 1 rings (SSSR count). The molecule has 0 saturated carbocycles. The number of rotatable bonds is 6. The molecule has 0 aliphatic rings. The number of hydrogen-bond acceptors (Lipinski definition) is 2. The van der Waals surface area contributed by atoms with Crippen LogP contribution in [0.25, 0.3) is 0 Å². The predicted molar refractivity (Wildman–Crippen MR) is 70.9 cm³/mol. The number of amides is 1. The van der Waals surface area contributed by atoms with Gasteiger partial charge in [-0.1, -0.05) is 23.8 Å². The van der Waals surface area contributed by atoms with Gasteiger partial charge in [-0.3, -0.25) is 4.79 Å². The molecular weight excluding hydrogens is 212 g/mol. The van der Waals surface area contributed by atoms with Crippen molar-refractivity contribution in [1.82, 2.24) is 5.32 Å². The number of aryl methyl sites for hydroxylation is 2. The molecule has 3 nitrogen and oxygen atoms in total. The van der Waals surface area contributed by atoms with Gasteiger partial charge in [0.05, 0.1) is 0 Å². The molecule has 0 fully saturated rings. The molecule has 3 N–H and O–H groups in total. The van der Waals surface area contributed by atoms with Gasteiger partial charge in [-0.05, 0) is 44.4 Å². The van der Waals surface area contributed by atoms with Crippen LogP contribution in [0.3, 0.4) is 0 Å². The Morgan fingerprint density at radius 1 is 1.35 bits per heavy atom. The van der Waals surface area contributed by atoms with Crippen LogP contribution in [0.4, 0.5) is 0 Å². The molecular formula is C14H22N2O. The Morgan fingerprint density at radius 3 is 2.76 bits per heavy atom. The van der Waals surface area contributed by atoms with Gasteiger partial charge in [0.25, 0.3) is 0 Å². The second kappa shape index (κ2) is 7.07. The highest BCUT2D eigenvalue weighted by Gasteiger charge is 2.01. The van der Waals surface area contributed by atoms with E-state index in [2.05, 4.69) is 37.4 Å². The number of hydrogen-bond donors (Lipinski definition) is 2. The average molecular weight is 234 g/mol. The summed E-state index contributed by atoms with van der Waals surface area (Å²) in [4.78, 5) is 11.4. The van der Waals surface area contributed by atoms with E-state index in [1.807, 2.05) is 0 Å². The van der Waals surface area contributed by atoms with Gasteiger partial charge in [0.2, 0.25) is 5.91 Å². The average Bonchev–Trinajstić information content (AvgIpc) is 2.29. The fourth-order valence-electron chi connectivity index (χ4n) is 1.81. The van der Waals surface area contributed by atoms with E-state index in [9.17, 15) is 4.79 Å². The van der Waals surface area contributed by atoms with Crippen LogP contribution in [0.2, 0.25) is 0 Å². The first-order valence-corrected chi connectivity index (χ1v) is 6.16. The van der Waals surface area contributed by atoms with Crippen LogP contribution in [0.5, 0.6) is 0 Å². The zero-order valence-electron chi connectivity index (χ0n) is 10.8. The molecule has 0 unspecified atom stereocenters. The molecule has 0 aliphatic carbocycles.